The minimum absolute atomic E-state index is 0.119. The van der Waals surface area contributed by atoms with Gasteiger partial charge in [-0.05, 0) is 38.1 Å². The second-order valence-electron chi connectivity index (χ2n) is 4.04. The molecular weight excluding hydrogens is 311 g/mol. The van der Waals surface area contributed by atoms with Gasteiger partial charge in [0.15, 0.2) is 0 Å². The van der Waals surface area contributed by atoms with E-state index < -0.39 is 11.7 Å². The summed E-state index contributed by atoms with van der Waals surface area (Å²) in [6, 6.07) is 4.46. The zero-order valence-corrected chi connectivity index (χ0v) is 11.5. The Labute approximate surface area is 112 Å². The second-order valence-corrected chi connectivity index (χ2v) is 4.60. The zero-order valence-electron chi connectivity index (χ0n) is 9.96. The Balaban J connectivity index is 3.05. The highest BCUT2D eigenvalue weighted by atomic mass is 79.9. The number of hydrogen-bond donors (Lipinski definition) is 0. The Morgan fingerprint density at radius 3 is 2.11 bits per heavy atom. The zero-order chi connectivity index (χ0) is 13.9. The molecule has 0 heterocycles. The second kappa shape index (κ2) is 5.73. The monoisotopic (exact) mass is 323 g/mol. The minimum Gasteiger partial charge on any atom is -0.309 e. The van der Waals surface area contributed by atoms with Crippen molar-refractivity contribution < 1.29 is 18.0 Å². The van der Waals surface area contributed by atoms with Gasteiger partial charge < -0.3 is 4.90 Å². The van der Waals surface area contributed by atoms with E-state index in [4.69, 9.17) is 0 Å². The molecule has 0 N–H and O–H groups in total. The molecule has 0 aliphatic rings. The van der Waals surface area contributed by atoms with E-state index in [-0.39, 0.29) is 17.3 Å². The van der Waals surface area contributed by atoms with Crippen molar-refractivity contribution in [3.63, 3.8) is 0 Å². The van der Waals surface area contributed by atoms with E-state index >= 15 is 0 Å². The first-order chi connectivity index (χ1) is 8.27. The van der Waals surface area contributed by atoms with Crippen molar-refractivity contribution in [2.24, 2.45) is 0 Å². The third-order valence-corrected chi connectivity index (χ3v) is 2.85. The molecule has 1 amide bonds. The van der Waals surface area contributed by atoms with Crippen molar-refractivity contribution in [1.82, 2.24) is 0 Å². The summed E-state index contributed by atoms with van der Waals surface area (Å²) in [6.45, 7) is 3.61. The van der Waals surface area contributed by atoms with Crippen LogP contribution < -0.4 is 4.90 Å². The first kappa shape index (κ1) is 15.0. The van der Waals surface area contributed by atoms with Gasteiger partial charge in [0.2, 0.25) is 5.91 Å². The van der Waals surface area contributed by atoms with Gasteiger partial charge >= 0.3 is 6.18 Å². The largest absolute Gasteiger partial charge is 0.416 e. The maximum atomic E-state index is 12.4. The molecule has 1 aromatic rings. The fraction of sp³-hybridized carbons (Fsp3) is 0.417. The molecule has 0 atom stereocenters. The smallest absolute Gasteiger partial charge is 0.309 e. The van der Waals surface area contributed by atoms with Crippen molar-refractivity contribution in [3.8, 4) is 0 Å². The number of rotatable bonds is 3. The SMILES string of the molecule is CC(C)N(C(=O)CBr)c1ccc(C(F)(F)F)cc1. The van der Waals surface area contributed by atoms with Crippen LogP contribution in [0.1, 0.15) is 19.4 Å². The highest BCUT2D eigenvalue weighted by Crippen LogP contribution is 2.30. The van der Waals surface area contributed by atoms with Crippen molar-refractivity contribution in [2.45, 2.75) is 26.1 Å². The summed E-state index contributed by atoms with van der Waals surface area (Å²) in [5.74, 6) is -0.190. The first-order valence-corrected chi connectivity index (χ1v) is 6.44. The molecule has 0 fully saturated rings. The number of anilines is 1. The lowest BCUT2D eigenvalue weighted by atomic mass is 10.1. The molecule has 100 valence electrons. The van der Waals surface area contributed by atoms with Crippen LogP contribution in [0.5, 0.6) is 0 Å². The number of amides is 1. The van der Waals surface area contributed by atoms with E-state index in [0.29, 0.717) is 5.69 Å². The van der Waals surface area contributed by atoms with Crippen LogP contribution in [-0.4, -0.2) is 17.3 Å². The Kier molecular flexibility index (Phi) is 4.78. The molecule has 1 rings (SSSR count). The highest BCUT2D eigenvalue weighted by molar-refractivity contribution is 9.09. The standard InChI is InChI=1S/C12H13BrF3NO/c1-8(2)17(11(18)7-13)10-5-3-9(4-6-10)12(14,15)16/h3-6,8H,7H2,1-2H3. The predicted molar refractivity (Wildman–Crippen MR) is 67.9 cm³/mol. The van der Waals surface area contributed by atoms with Gasteiger partial charge in [0.1, 0.15) is 0 Å². The number of alkyl halides is 4. The molecular formula is C12H13BrF3NO. The molecule has 0 saturated heterocycles. The Hall–Kier alpha value is -1.04. The third kappa shape index (κ3) is 3.48. The average molecular weight is 324 g/mol. The Bertz CT molecular complexity index is 414. The van der Waals surface area contributed by atoms with Crippen LogP contribution in [0.25, 0.3) is 0 Å². The van der Waals surface area contributed by atoms with Crippen molar-refractivity contribution in [2.75, 3.05) is 10.2 Å². The topological polar surface area (TPSA) is 20.3 Å². The van der Waals surface area contributed by atoms with Crippen LogP contribution >= 0.6 is 15.9 Å². The summed E-state index contributed by atoms with van der Waals surface area (Å²) in [5.41, 5.74) is -0.260. The highest BCUT2D eigenvalue weighted by Gasteiger charge is 2.30. The summed E-state index contributed by atoms with van der Waals surface area (Å²) in [5, 5.41) is 0.131. The molecule has 1 aromatic carbocycles. The summed E-state index contributed by atoms with van der Waals surface area (Å²) in [4.78, 5) is 13.1. The van der Waals surface area contributed by atoms with Gasteiger partial charge in [-0.3, -0.25) is 4.79 Å². The van der Waals surface area contributed by atoms with Crippen molar-refractivity contribution >= 4 is 27.5 Å². The molecule has 0 bridgehead atoms. The van der Waals surface area contributed by atoms with Gasteiger partial charge in [-0.15, -0.1) is 0 Å². The number of halogens is 4. The number of nitrogens with zero attached hydrogens (tertiary/aromatic N) is 1. The number of hydrogen-bond acceptors (Lipinski definition) is 1. The van der Waals surface area contributed by atoms with E-state index in [1.807, 2.05) is 0 Å². The summed E-state index contributed by atoms with van der Waals surface area (Å²) < 4.78 is 37.2. The van der Waals surface area contributed by atoms with Crippen LogP contribution in [-0.2, 0) is 11.0 Å². The van der Waals surface area contributed by atoms with Crippen LogP contribution in [0.2, 0.25) is 0 Å². The quantitative estimate of drug-likeness (QED) is 0.774. The predicted octanol–water partition coefficient (Wildman–Crippen LogP) is 3.84. The molecule has 18 heavy (non-hydrogen) atoms. The van der Waals surface area contributed by atoms with E-state index in [1.54, 1.807) is 13.8 Å². The Morgan fingerprint density at radius 2 is 1.78 bits per heavy atom. The summed E-state index contributed by atoms with van der Waals surface area (Å²) in [6.07, 6.45) is -4.36. The average Bonchev–Trinajstić information content (AvgIpc) is 2.28. The molecule has 0 radical (unpaired) electrons. The number of benzene rings is 1. The van der Waals surface area contributed by atoms with Crippen molar-refractivity contribution in [3.05, 3.63) is 29.8 Å². The summed E-state index contributed by atoms with van der Waals surface area (Å²) >= 11 is 3.06. The molecule has 0 unspecified atom stereocenters. The maximum absolute atomic E-state index is 12.4. The van der Waals surface area contributed by atoms with E-state index in [2.05, 4.69) is 15.9 Å². The van der Waals surface area contributed by atoms with E-state index in [1.165, 1.54) is 17.0 Å². The fourth-order valence-corrected chi connectivity index (χ4v) is 1.88. The van der Waals surface area contributed by atoms with Gasteiger partial charge in [-0.1, -0.05) is 15.9 Å². The fourth-order valence-electron chi connectivity index (χ4n) is 1.61. The first-order valence-electron chi connectivity index (χ1n) is 5.32. The molecule has 0 saturated carbocycles. The van der Waals surface area contributed by atoms with E-state index in [9.17, 15) is 18.0 Å². The van der Waals surface area contributed by atoms with E-state index in [0.717, 1.165) is 12.1 Å². The lowest BCUT2D eigenvalue weighted by Gasteiger charge is -2.26. The molecule has 0 aromatic heterocycles. The van der Waals surface area contributed by atoms with Gasteiger partial charge in [0, 0.05) is 11.7 Å². The van der Waals surface area contributed by atoms with Gasteiger partial charge in [0.05, 0.1) is 10.9 Å². The van der Waals surface area contributed by atoms with Gasteiger partial charge in [-0.25, -0.2) is 0 Å². The van der Waals surface area contributed by atoms with Crippen LogP contribution in [0.4, 0.5) is 18.9 Å². The molecule has 0 aliphatic carbocycles. The Morgan fingerprint density at radius 1 is 1.28 bits per heavy atom. The maximum Gasteiger partial charge on any atom is 0.416 e. The molecule has 0 spiro atoms. The lowest BCUT2D eigenvalue weighted by molar-refractivity contribution is -0.137. The van der Waals surface area contributed by atoms with Gasteiger partial charge in [0.25, 0.3) is 0 Å². The summed E-state index contributed by atoms with van der Waals surface area (Å²) in [7, 11) is 0. The lowest BCUT2D eigenvalue weighted by Crippen LogP contribution is -2.37. The number of carbonyl (C=O) groups excluding carboxylic acids is 1. The van der Waals surface area contributed by atoms with Crippen LogP contribution in [0, 0.1) is 0 Å². The van der Waals surface area contributed by atoms with Gasteiger partial charge in [-0.2, -0.15) is 13.2 Å². The third-order valence-electron chi connectivity index (χ3n) is 2.37. The molecule has 6 heteroatoms. The van der Waals surface area contributed by atoms with Crippen LogP contribution in [0.3, 0.4) is 0 Å². The van der Waals surface area contributed by atoms with Crippen molar-refractivity contribution in [1.29, 1.82) is 0 Å². The molecule has 2 nitrogen and oxygen atoms in total. The normalized spacial score (nSPS) is 11.7. The van der Waals surface area contributed by atoms with Crippen LogP contribution in [0.15, 0.2) is 24.3 Å². The minimum atomic E-state index is -4.36. The number of carbonyl (C=O) groups is 1. The molecule has 0 aliphatic heterocycles.